The van der Waals surface area contributed by atoms with E-state index in [1.54, 1.807) is 0 Å². The van der Waals surface area contributed by atoms with Gasteiger partial charge in [0, 0.05) is 36.7 Å². The molecule has 0 fully saturated rings. The number of hydrogen-bond donors (Lipinski definition) is 0. The largest absolute Gasteiger partial charge is 0.858 e. The zero-order valence-electron chi connectivity index (χ0n) is 17.2. The first-order chi connectivity index (χ1) is 15.0. The first-order valence-corrected chi connectivity index (χ1v) is 10.7. The summed E-state index contributed by atoms with van der Waals surface area (Å²) in [5.74, 6) is -0.219. The molecule has 0 saturated heterocycles. The number of hydrogen-bond acceptors (Lipinski definition) is 5. The molecule has 3 heterocycles. The fourth-order valence-corrected chi connectivity index (χ4v) is 4.09. The van der Waals surface area contributed by atoms with Crippen molar-refractivity contribution in [3.05, 3.63) is 51.8 Å². The van der Waals surface area contributed by atoms with E-state index in [1.165, 1.54) is 9.13 Å². The second-order valence-electron chi connectivity index (χ2n) is 7.48. The van der Waals surface area contributed by atoms with Crippen molar-refractivity contribution in [2.24, 2.45) is 0 Å². The van der Waals surface area contributed by atoms with Crippen LogP contribution in [0, 0.1) is 11.3 Å². The minimum absolute atomic E-state index is 0.0312. The number of halogens is 1. The van der Waals surface area contributed by atoms with Crippen molar-refractivity contribution in [2.45, 2.75) is 52.2 Å². The Morgan fingerprint density at radius 2 is 1.87 bits per heavy atom. The molecular formula is C22H22ClN6O2-. The highest BCUT2D eigenvalue weighted by atomic mass is 35.5. The Labute approximate surface area is 184 Å². The van der Waals surface area contributed by atoms with Gasteiger partial charge in [-0.3, -0.25) is 4.57 Å². The lowest BCUT2D eigenvalue weighted by Crippen LogP contribution is -2.35. The molecule has 31 heavy (non-hydrogen) atoms. The van der Waals surface area contributed by atoms with Crippen LogP contribution in [0.4, 0.5) is 0 Å². The van der Waals surface area contributed by atoms with Crippen LogP contribution in [-0.4, -0.2) is 23.7 Å². The van der Waals surface area contributed by atoms with E-state index in [0.29, 0.717) is 25.1 Å². The molecule has 0 radical (unpaired) electrons. The number of fused-ring (bicyclic) bond motifs is 2. The summed E-state index contributed by atoms with van der Waals surface area (Å²) in [5, 5.41) is 23.1. The lowest BCUT2D eigenvalue weighted by molar-refractivity contribution is -0.279. The first-order valence-electron chi connectivity index (χ1n) is 10.4. The van der Waals surface area contributed by atoms with Gasteiger partial charge in [0.1, 0.15) is 11.8 Å². The predicted octanol–water partition coefficient (Wildman–Crippen LogP) is 3.38. The van der Waals surface area contributed by atoms with Crippen molar-refractivity contribution in [1.29, 1.82) is 5.26 Å². The van der Waals surface area contributed by atoms with Gasteiger partial charge < -0.3 is 14.2 Å². The summed E-state index contributed by atoms with van der Waals surface area (Å²) in [6.07, 6.45) is 5.14. The summed E-state index contributed by atoms with van der Waals surface area (Å²) >= 11 is 5.93. The zero-order valence-corrected chi connectivity index (χ0v) is 18.0. The van der Waals surface area contributed by atoms with E-state index < -0.39 is 5.88 Å². The standard InChI is InChI=1S/C22H23ClN6O2/c1-2-3-6-11-28-19-18(25-21(23)26-19)20(30)29(22(28)31)12-7-10-27-14-15(13-24)16-8-4-5-9-17(16)27/h4-5,8-9,14,30H,2-3,6-7,10-12H2,1H3/p-1. The van der Waals surface area contributed by atoms with Crippen LogP contribution in [0.25, 0.3) is 22.4 Å². The molecule has 0 atom stereocenters. The molecule has 160 valence electrons. The van der Waals surface area contributed by atoms with E-state index in [0.717, 1.165) is 30.2 Å². The molecular weight excluding hydrogens is 416 g/mol. The van der Waals surface area contributed by atoms with E-state index >= 15 is 0 Å². The highest BCUT2D eigenvalue weighted by molar-refractivity contribution is 6.28. The van der Waals surface area contributed by atoms with Crippen molar-refractivity contribution in [1.82, 2.24) is 23.7 Å². The average molecular weight is 438 g/mol. The second-order valence-corrected chi connectivity index (χ2v) is 7.82. The van der Waals surface area contributed by atoms with Gasteiger partial charge in [-0.25, -0.2) is 9.78 Å². The third-order valence-electron chi connectivity index (χ3n) is 5.45. The normalized spacial score (nSPS) is 11.4. The van der Waals surface area contributed by atoms with Crippen LogP contribution in [0.15, 0.2) is 35.3 Å². The van der Waals surface area contributed by atoms with E-state index in [4.69, 9.17) is 11.6 Å². The fourth-order valence-electron chi connectivity index (χ4n) is 3.93. The Morgan fingerprint density at radius 3 is 2.65 bits per heavy atom. The number of nitrogens with zero attached hydrogens (tertiary/aromatic N) is 6. The maximum Gasteiger partial charge on any atom is 0.329 e. The van der Waals surface area contributed by atoms with E-state index in [1.807, 2.05) is 35.0 Å². The van der Waals surface area contributed by atoms with Gasteiger partial charge in [-0.15, -0.1) is 0 Å². The van der Waals surface area contributed by atoms with E-state index in [9.17, 15) is 15.2 Å². The number of nitriles is 1. The third kappa shape index (κ3) is 3.89. The van der Waals surface area contributed by atoms with Crippen LogP contribution in [0.1, 0.15) is 38.2 Å². The molecule has 0 aliphatic carbocycles. The molecule has 9 heteroatoms. The van der Waals surface area contributed by atoms with Gasteiger partial charge in [-0.2, -0.15) is 10.2 Å². The number of rotatable bonds is 8. The van der Waals surface area contributed by atoms with Crippen molar-refractivity contribution in [3.63, 3.8) is 0 Å². The summed E-state index contributed by atoms with van der Waals surface area (Å²) in [4.78, 5) is 21.2. The maximum atomic E-state index is 13.1. The smallest absolute Gasteiger partial charge is 0.329 e. The highest BCUT2D eigenvalue weighted by Crippen LogP contribution is 2.27. The molecule has 0 saturated carbocycles. The van der Waals surface area contributed by atoms with Gasteiger partial charge in [-0.1, -0.05) is 38.0 Å². The average Bonchev–Trinajstić information content (AvgIpc) is 3.33. The number of para-hydroxylation sites is 1. The molecule has 0 N–H and O–H groups in total. The number of imidazole rings is 1. The van der Waals surface area contributed by atoms with Crippen molar-refractivity contribution in [3.8, 4) is 23.5 Å². The van der Waals surface area contributed by atoms with Crippen LogP contribution in [0.5, 0.6) is 5.88 Å². The monoisotopic (exact) mass is 437 g/mol. The van der Waals surface area contributed by atoms with Gasteiger partial charge in [-0.05, 0) is 36.4 Å². The molecule has 8 nitrogen and oxygen atoms in total. The topological polar surface area (TPSA) is 104 Å². The lowest BCUT2D eigenvalue weighted by Gasteiger charge is -2.22. The Morgan fingerprint density at radius 1 is 1.10 bits per heavy atom. The van der Waals surface area contributed by atoms with Crippen LogP contribution in [0.3, 0.4) is 0 Å². The fraction of sp³-hybridized carbons (Fsp3) is 0.364. The van der Waals surface area contributed by atoms with Gasteiger partial charge in [0.15, 0.2) is 5.82 Å². The Bertz CT molecular complexity index is 1300. The number of benzene rings is 1. The quantitative estimate of drug-likeness (QED) is 0.310. The number of aromatic nitrogens is 5. The van der Waals surface area contributed by atoms with Crippen LogP contribution in [-0.2, 0) is 19.6 Å². The SMILES string of the molecule is CCCCCn1c2nc(Cl)nc-2c([O-])n(CCCn2cc(C#N)c3ccccc32)c1=O. The Balaban J connectivity index is 1.62. The molecule has 0 spiro atoms. The van der Waals surface area contributed by atoms with E-state index in [2.05, 4.69) is 23.0 Å². The Kier molecular flexibility index (Phi) is 5.96. The van der Waals surface area contributed by atoms with Crippen molar-refractivity contribution in [2.75, 3.05) is 0 Å². The molecule has 2 aliphatic heterocycles. The van der Waals surface area contributed by atoms with Gasteiger partial charge in [0.05, 0.1) is 5.56 Å². The summed E-state index contributed by atoms with van der Waals surface area (Å²) in [5.41, 5.74) is 1.29. The summed E-state index contributed by atoms with van der Waals surface area (Å²) < 4.78 is 4.71. The predicted molar refractivity (Wildman–Crippen MR) is 116 cm³/mol. The number of unbranched alkanes of at least 4 members (excludes halogenated alkanes) is 2. The second kappa shape index (κ2) is 8.82. The van der Waals surface area contributed by atoms with Crippen molar-refractivity contribution >= 4 is 22.5 Å². The van der Waals surface area contributed by atoms with Crippen molar-refractivity contribution < 1.29 is 5.11 Å². The molecule has 1 aromatic heterocycles. The first kappa shape index (κ1) is 20.9. The Hall–Kier alpha value is -3.31. The maximum absolute atomic E-state index is 13.1. The van der Waals surface area contributed by atoms with E-state index in [-0.39, 0.29) is 29.0 Å². The summed E-state index contributed by atoms with van der Waals surface area (Å²) in [6.45, 7) is 3.35. The summed E-state index contributed by atoms with van der Waals surface area (Å²) in [6, 6.07) is 9.90. The minimum atomic E-state index is -0.471. The molecule has 4 rings (SSSR count). The minimum Gasteiger partial charge on any atom is -0.858 e. The van der Waals surface area contributed by atoms with Gasteiger partial charge in [0.2, 0.25) is 5.28 Å². The molecule has 1 aromatic carbocycles. The lowest BCUT2D eigenvalue weighted by atomic mass is 10.2. The molecule has 0 bridgehead atoms. The van der Waals surface area contributed by atoms with Crippen LogP contribution in [0.2, 0.25) is 5.28 Å². The molecule has 2 aliphatic rings. The molecule has 0 unspecified atom stereocenters. The van der Waals surface area contributed by atoms with Crippen LogP contribution < -0.4 is 10.8 Å². The summed E-state index contributed by atoms with van der Waals surface area (Å²) in [7, 11) is 0. The van der Waals surface area contributed by atoms with Crippen LogP contribution >= 0.6 is 11.6 Å². The molecule has 0 amide bonds. The highest BCUT2D eigenvalue weighted by Gasteiger charge is 2.20. The van der Waals surface area contributed by atoms with Gasteiger partial charge in [0.25, 0.3) is 0 Å². The van der Waals surface area contributed by atoms with Gasteiger partial charge >= 0.3 is 5.69 Å². The molecule has 2 aromatic rings. The third-order valence-corrected chi connectivity index (χ3v) is 5.62. The zero-order chi connectivity index (χ0) is 22.0. The number of aryl methyl sites for hydroxylation is 1.